The van der Waals surface area contributed by atoms with Crippen molar-refractivity contribution in [3.8, 4) is 17.1 Å². The summed E-state index contributed by atoms with van der Waals surface area (Å²) in [6, 6.07) is 6.75. The number of rotatable bonds is 8. The lowest BCUT2D eigenvalue weighted by Gasteiger charge is -2.17. The van der Waals surface area contributed by atoms with Crippen LogP contribution in [0.2, 0.25) is 0 Å². The van der Waals surface area contributed by atoms with Crippen LogP contribution in [0.4, 0.5) is 0 Å². The summed E-state index contributed by atoms with van der Waals surface area (Å²) in [5.41, 5.74) is 8.10. The van der Waals surface area contributed by atoms with Gasteiger partial charge in [0.25, 0.3) is 0 Å². The van der Waals surface area contributed by atoms with Gasteiger partial charge in [-0.05, 0) is 69.2 Å². The average Bonchev–Trinajstić information content (AvgIpc) is 3.52. The van der Waals surface area contributed by atoms with Gasteiger partial charge in [0.2, 0.25) is 5.88 Å². The van der Waals surface area contributed by atoms with E-state index < -0.39 is 0 Å². The second kappa shape index (κ2) is 8.15. The Morgan fingerprint density at radius 2 is 2.00 bits per heavy atom. The van der Waals surface area contributed by atoms with E-state index in [0.29, 0.717) is 25.0 Å². The Bertz CT molecular complexity index is 1020. The number of pyridine rings is 2. The van der Waals surface area contributed by atoms with E-state index in [2.05, 4.69) is 43.7 Å². The molecule has 1 atom stereocenters. The molecule has 1 unspecified atom stereocenters. The minimum Gasteiger partial charge on any atom is -0.478 e. The van der Waals surface area contributed by atoms with Gasteiger partial charge in [0.15, 0.2) is 0 Å². The number of hydrogen-bond acceptors (Lipinski definition) is 4. The quantitative estimate of drug-likeness (QED) is 0.510. The van der Waals surface area contributed by atoms with Crippen LogP contribution >= 0.6 is 0 Å². The van der Waals surface area contributed by atoms with E-state index in [4.69, 9.17) is 19.4 Å². The smallest absolute Gasteiger partial charge is 0.213 e. The molecule has 4 rings (SSSR count). The Balaban J connectivity index is 1.89. The van der Waals surface area contributed by atoms with Gasteiger partial charge in [-0.3, -0.25) is 0 Å². The monoisotopic (exact) mass is 393 g/mol. The topological polar surface area (TPSA) is 49.2 Å². The van der Waals surface area contributed by atoms with Crippen LogP contribution in [0, 0.1) is 6.92 Å². The summed E-state index contributed by atoms with van der Waals surface area (Å²) in [4.78, 5) is 9.97. The molecule has 1 fully saturated rings. The van der Waals surface area contributed by atoms with Crippen molar-refractivity contribution in [3.05, 3.63) is 41.2 Å². The third-order valence-electron chi connectivity index (χ3n) is 5.75. The summed E-state index contributed by atoms with van der Waals surface area (Å²) < 4.78 is 13.3. The summed E-state index contributed by atoms with van der Waals surface area (Å²) >= 11 is 0. The second-order valence-electron chi connectivity index (χ2n) is 8.02. The fourth-order valence-corrected chi connectivity index (χ4v) is 4.15. The summed E-state index contributed by atoms with van der Waals surface area (Å²) in [7, 11) is 1.76. The average molecular weight is 394 g/mol. The Morgan fingerprint density at radius 1 is 1.21 bits per heavy atom. The molecule has 3 aromatic rings. The fourth-order valence-electron chi connectivity index (χ4n) is 4.15. The van der Waals surface area contributed by atoms with Crippen molar-refractivity contribution < 1.29 is 9.47 Å². The lowest BCUT2D eigenvalue weighted by atomic mass is 9.99. The molecular formula is C24H31N3O2. The SMILES string of the molecule is CCOc1ccc(-c2nc3c(C)cn(C(C)COC)c3cc2C2CC2)c(CC)n1. The van der Waals surface area contributed by atoms with Crippen LogP contribution in [0.1, 0.15) is 62.4 Å². The molecule has 0 aromatic carbocycles. The van der Waals surface area contributed by atoms with Gasteiger partial charge in [0.1, 0.15) is 0 Å². The molecule has 0 saturated heterocycles. The molecule has 5 heteroatoms. The first-order valence-electron chi connectivity index (χ1n) is 10.7. The number of aryl methyl sites for hydroxylation is 2. The summed E-state index contributed by atoms with van der Waals surface area (Å²) in [5.74, 6) is 1.29. The van der Waals surface area contributed by atoms with E-state index in [9.17, 15) is 0 Å². The van der Waals surface area contributed by atoms with Crippen molar-refractivity contribution in [3.63, 3.8) is 0 Å². The molecule has 29 heavy (non-hydrogen) atoms. The first kappa shape index (κ1) is 19.9. The van der Waals surface area contributed by atoms with Gasteiger partial charge in [-0.2, -0.15) is 0 Å². The van der Waals surface area contributed by atoms with Gasteiger partial charge >= 0.3 is 0 Å². The Morgan fingerprint density at radius 3 is 2.66 bits per heavy atom. The van der Waals surface area contributed by atoms with Gasteiger partial charge in [-0.25, -0.2) is 9.97 Å². The molecule has 1 saturated carbocycles. The maximum atomic E-state index is 5.62. The predicted molar refractivity (Wildman–Crippen MR) is 117 cm³/mol. The summed E-state index contributed by atoms with van der Waals surface area (Å²) in [6.45, 7) is 9.78. The molecule has 0 aliphatic heterocycles. The van der Waals surface area contributed by atoms with Crippen molar-refractivity contribution in [2.24, 2.45) is 0 Å². The molecule has 0 bridgehead atoms. The molecule has 0 N–H and O–H groups in total. The standard InChI is InChI=1S/C24H31N3O2/c1-6-20-18(10-11-22(25-20)29-7-2)24-19(17-8-9-17)12-21-23(26-24)15(3)13-27(21)16(4)14-28-5/h10-13,16-17H,6-9,14H2,1-5H3. The summed E-state index contributed by atoms with van der Waals surface area (Å²) in [6.07, 6.45) is 5.53. The van der Waals surface area contributed by atoms with Gasteiger partial charge in [-0.15, -0.1) is 0 Å². The van der Waals surface area contributed by atoms with Crippen LogP contribution in [0.25, 0.3) is 22.3 Å². The highest BCUT2D eigenvalue weighted by atomic mass is 16.5. The van der Waals surface area contributed by atoms with Crippen LogP contribution in [-0.2, 0) is 11.2 Å². The minimum absolute atomic E-state index is 0.272. The highest BCUT2D eigenvalue weighted by Crippen LogP contribution is 2.46. The molecular weight excluding hydrogens is 362 g/mol. The minimum atomic E-state index is 0.272. The number of ether oxygens (including phenoxy) is 2. The van der Waals surface area contributed by atoms with Crippen LogP contribution in [0.5, 0.6) is 5.88 Å². The molecule has 0 spiro atoms. The Hall–Kier alpha value is -2.40. The van der Waals surface area contributed by atoms with Crippen molar-refractivity contribution in [2.45, 2.75) is 58.9 Å². The fraction of sp³-hybridized carbons (Fsp3) is 0.500. The van der Waals surface area contributed by atoms with Gasteiger partial charge in [0, 0.05) is 24.9 Å². The number of aromatic nitrogens is 3. The predicted octanol–water partition coefficient (Wildman–Crippen LogP) is 5.45. The molecule has 0 amide bonds. The van der Waals surface area contributed by atoms with E-state index in [1.165, 1.54) is 29.5 Å². The van der Waals surface area contributed by atoms with Crippen LogP contribution < -0.4 is 4.74 Å². The number of nitrogens with zero attached hydrogens (tertiary/aromatic N) is 3. The zero-order chi connectivity index (χ0) is 20.5. The Kier molecular flexibility index (Phi) is 5.59. The van der Waals surface area contributed by atoms with Crippen LogP contribution in [0.3, 0.4) is 0 Å². The third kappa shape index (κ3) is 3.76. The molecule has 5 nitrogen and oxygen atoms in total. The normalized spacial score (nSPS) is 15.1. The van der Waals surface area contributed by atoms with Crippen molar-refractivity contribution in [1.29, 1.82) is 0 Å². The van der Waals surface area contributed by atoms with Crippen LogP contribution in [0.15, 0.2) is 24.4 Å². The highest BCUT2D eigenvalue weighted by molar-refractivity contribution is 5.85. The highest BCUT2D eigenvalue weighted by Gasteiger charge is 2.29. The number of hydrogen-bond donors (Lipinski definition) is 0. The van der Waals surface area contributed by atoms with E-state index in [-0.39, 0.29) is 6.04 Å². The van der Waals surface area contributed by atoms with Gasteiger partial charge < -0.3 is 14.0 Å². The molecule has 154 valence electrons. The number of fused-ring (bicyclic) bond motifs is 1. The Labute approximate surface area is 173 Å². The van der Waals surface area contributed by atoms with Gasteiger partial charge in [0.05, 0.1) is 41.7 Å². The van der Waals surface area contributed by atoms with E-state index >= 15 is 0 Å². The zero-order valence-corrected chi connectivity index (χ0v) is 18.2. The van der Waals surface area contributed by atoms with E-state index in [1.807, 2.05) is 13.0 Å². The van der Waals surface area contributed by atoms with E-state index in [1.54, 1.807) is 7.11 Å². The summed E-state index contributed by atoms with van der Waals surface area (Å²) in [5, 5.41) is 0. The third-order valence-corrected chi connectivity index (χ3v) is 5.75. The lowest BCUT2D eigenvalue weighted by Crippen LogP contribution is -2.10. The van der Waals surface area contributed by atoms with Crippen molar-refractivity contribution in [1.82, 2.24) is 14.5 Å². The molecule has 1 aliphatic rings. The van der Waals surface area contributed by atoms with E-state index in [0.717, 1.165) is 28.9 Å². The first-order valence-corrected chi connectivity index (χ1v) is 10.7. The maximum Gasteiger partial charge on any atom is 0.213 e. The first-order chi connectivity index (χ1) is 14.1. The van der Waals surface area contributed by atoms with Crippen molar-refractivity contribution in [2.75, 3.05) is 20.3 Å². The molecule has 3 aromatic heterocycles. The molecule has 0 radical (unpaired) electrons. The van der Waals surface area contributed by atoms with Gasteiger partial charge in [-0.1, -0.05) is 6.92 Å². The van der Waals surface area contributed by atoms with Crippen molar-refractivity contribution >= 4 is 11.0 Å². The maximum absolute atomic E-state index is 5.62. The number of methoxy groups -OCH3 is 1. The molecule has 1 aliphatic carbocycles. The molecule has 3 heterocycles. The largest absolute Gasteiger partial charge is 0.478 e. The lowest BCUT2D eigenvalue weighted by molar-refractivity contribution is 0.164. The van der Waals surface area contributed by atoms with Crippen LogP contribution in [-0.4, -0.2) is 34.9 Å². The zero-order valence-electron chi connectivity index (χ0n) is 18.2. The second-order valence-corrected chi connectivity index (χ2v) is 8.02.